The molecular weight excluding hydrogens is 376 g/mol. The highest BCUT2D eigenvalue weighted by atomic mass is 16.2. The number of amides is 2. The number of benzene rings is 2. The number of para-hydroxylation sites is 2. The van der Waals surface area contributed by atoms with Crippen molar-refractivity contribution in [2.24, 2.45) is 0 Å². The molecule has 0 saturated heterocycles. The molecule has 0 radical (unpaired) electrons. The zero-order valence-corrected chi connectivity index (χ0v) is 16.8. The van der Waals surface area contributed by atoms with E-state index in [2.05, 4.69) is 15.6 Å². The summed E-state index contributed by atoms with van der Waals surface area (Å²) in [5, 5.41) is 5.82. The molecule has 0 spiro atoms. The van der Waals surface area contributed by atoms with E-state index in [9.17, 15) is 9.59 Å². The van der Waals surface area contributed by atoms with E-state index >= 15 is 0 Å². The lowest BCUT2D eigenvalue weighted by Gasteiger charge is -2.08. The van der Waals surface area contributed by atoms with Gasteiger partial charge in [-0.3, -0.25) is 14.0 Å². The van der Waals surface area contributed by atoms with E-state index in [4.69, 9.17) is 0 Å². The average Bonchev–Trinajstić information content (AvgIpc) is 3.16. The number of imidazole rings is 1. The molecule has 30 heavy (non-hydrogen) atoms. The molecule has 6 nitrogen and oxygen atoms in total. The minimum Gasteiger partial charge on any atom is -0.320 e. The minimum atomic E-state index is -0.376. The van der Waals surface area contributed by atoms with Crippen molar-refractivity contribution >= 4 is 28.7 Å². The summed E-state index contributed by atoms with van der Waals surface area (Å²) in [5.74, 6) is -0.573. The largest absolute Gasteiger partial charge is 0.320 e. The number of hydrogen-bond acceptors (Lipinski definition) is 3. The summed E-state index contributed by atoms with van der Waals surface area (Å²) < 4.78 is 1.63. The Morgan fingerprint density at radius 2 is 1.53 bits per heavy atom. The number of nitrogens with one attached hydrogen (secondary N) is 2. The average molecular weight is 398 g/mol. The van der Waals surface area contributed by atoms with Crippen molar-refractivity contribution in [2.75, 3.05) is 10.6 Å². The number of nitrogens with zero attached hydrogens (tertiary/aromatic N) is 2. The molecule has 0 unspecified atom stereocenters. The topological polar surface area (TPSA) is 75.5 Å². The first-order valence-corrected chi connectivity index (χ1v) is 9.81. The molecule has 2 N–H and O–H groups in total. The van der Waals surface area contributed by atoms with Crippen LogP contribution in [0.4, 0.5) is 11.4 Å². The second kappa shape index (κ2) is 8.21. The van der Waals surface area contributed by atoms with Crippen LogP contribution in [0.25, 0.3) is 5.52 Å². The molecule has 2 aromatic carbocycles. The maximum atomic E-state index is 13.0. The Bertz CT molecular complexity index is 1240. The zero-order chi connectivity index (χ0) is 21.1. The van der Waals surface area contributed by atoms with Crippen LogP contribution in [0.3, 0.4) is 0 Å². The van der Waals surface area contributed by atoms with Crippen molar-refractivity contribution in [1.82, 2.24) is 9.38 Å². The van der Waals surface area contributed by atoms with Crippen LogP contribution in [0, 0.1) is 6.92 Å². The van der Waals surface area contributed by atoms with Crippen LogP contribution in [0.1, 0.15) is 39.2 Å². The second-order valence-electron chi connectivity index (χ2n) is 6.97. The number of anilines is 2. The zero-order valence-electron chi connectivity index (χ0n) is 16.8. The first-order chi connectivity index (χ1) is 14.6. The Labute approximate surface area is 174 Å². The molecule has 2 amide bonds. The number of fused-ring (bicyclic) bond motifs is 1. The smallest absolute Gasteiger partial charge is 0.292 e. The predicted octanol–water partition coefficient (Wildman–Crippen LogP) is 4.71. The first-order valence-electron chi connectivity index (χ1n) is 9.81. The van der Waals surface area contributed by atoms with Gasteiger partial charge in [0, 0.05) is 17.6 Å². The number of pyridine rings is 1. The first kappa shape index (κ1) is 19.4. The predicted molar refractivity (Wildman–Crippen MR) is 118 cm³/mol. The third-order valence-electron chi connectivity index (χ3n) is 5.01. The molecule has 4 rings (SSSR count). The highest BCUT2D eigenvalue weighted by molar-refractivity contribution is 6.10. The van der Waals surface area contributed by atoms with Gasteiger partial charge >= 0.3 is 0 Å². The molecule has 0 aliphatic heterocycles. The van der Waals surface area contributed by atoms with Gasteiger partial charge in [0.1, 0.15) is 0 Å². The quantitative estimate of drug-likeness (QED) is 0.511. The lowest BCUT2D eigenvalue weighted by Crippen LogP contribution is -2.17. The number of aromatic nitrogens is 2. The van der Waals surface area contributed by atoms with Gasteiger partial charge in [0.25, 0.3) is 11.8 Å². The molecule has 4 aromatic rings. The van der Waals surface area contributed by atoms with Crippen LogP contribution < -0.4 is 10.6 Å². The molecule has 2 aromatic heterocycles. The fourth-order valence-corrected chi connectivity index (χ4v) is 3.39. The van der Waals surface area contributed by atoms with Crippen LogP contribution in [-0.4, -0.2) is 21.2 Å². The molecular formula is C24H22N4O2. The lowest BCUT2D eigenvalue weighted by molar-refractivity contribution is 0.101. The SMILES string of the molecule is CCc1ccccc1NC(=O)c1nc(C(=O)Nc2ccccc2C)n2ccccc12. The highest BCUT2D eigenvalue weighted by Gasteiger charge is 2.22. The molecule has 0 aliphatic carbocycles. The Hall–Kier alpha value is -3.93. The van der Waals surface area contributed by atoms with Crippen molar-refractivity contribution in [3.63, 3.8) is 0 Å². The van der Waals surface area contributed by atoms with Crippen LogP contribution in [0.15, 0.2) is 72.9 Å². The Morgan fingerprint density at radius 3 is 2.30 bits per heavy atom. The van der Waals surface area contributed by atoms with E-state index < -0.39 is 0 Å². The van der Waals surface area contributed by atoms with Gasteiger partial charge < -0.3 is 10.6 Å². The van der Waals surface area contributed by atoms with Crippen LogP contribution >= 0.6 is 0 Å². The van der Waals surface area contributed by atoms with Gasteiger partial charge in [-0.25, -0.2) is 4.98 Å². The third kappa shape index (κ3) is 3.67. The van der Waals surface area contributed by atoms with E-state index in [0.29, 0.717) is 11.2 Å². The summed E-state index contributed by atoms with van der Waals surface area (Å²) in [4.78, 5) is 30.4. The van der Waals surface area contributed by atoms with E-state index in [1.165, 1.54) is 0 Å². The van der Waals surface area contributed by atoms with Crippen molar-refractivity contribution in [3.8, 4) is 0 Å². The number of aryl methyl sites for hydroxylation is 2. The molecule has 0 aliphatic rings. The fraction of sp³-hybridized carbons (Fsp3) is 0.125. The van der Waals surface area contributed by atoms with E-state index in [0.717, 1.165) is 23.2 Å². The van der Waals surface area contributed by atoms with Gasteiger partial charge in [0.2, 0.25) is 5.82 Å². The maximum absolute atomic E-state index is 13.0. The highest BCUT2D eigenvalue weighted by Crippen LogP contribution is 2.20. The number of carbonyl (C=O) groups excluding carboxylic acids is 2. The summed E-state index contributed by atoms with van der Waals surface area (Å²) in [6, 6.07) is 20.6. The fourth-order valence-electron chi connectivity index (χ4n) is 3.39. The molecule has 0 bridgehead atoms. The number of hydrogen-bond donors (Lipinski definition) is 2. The van der Waals surface area contributed by atoms with Gasteiger partial charge in [-0.15, -0.1) is 0 Å². The van der Waals surface area contributed by atoms with Crippen molar-refractivity contribution < 1.29 is 9.59 Å². The molecule has 0 atom stereocenters. The van der Waals surface area contributed by atoms with Crippen molar-refractivity contribution in [3.05, 3.63) is 95.6 Å². The molecule has 150 valence electrons. The van der Waals surface area contributed by atoms with E-state index in [1.54, 1.807) is 22.7 Å². The van der Waals surface area contributed by atoms with E-state index in [1.807, 2.05) is 68.4 Å². The standard InChI is InChI=1S/C24H22N4O2/c1-3-17-11-5-7-13-19(17)26-23(29)21-20-14-8-9-15-28(20)22(27-21)24(30)25-18-12-6-4-10-16(18)2/h4-15H,3H2,1-2H3,(H,25,30)(H,26,29). The molecule has 0 fully saturated rings. The summed E-state index contributed by atoms with van der Waals surface area (Å²) in [5.41, 5.74) is 4.20. The maximum Gasteiger partial charge on any atom is 0.292 e. The van der Waals surface area contributed by atoms with Gasteiger partial charge in [-0.2, -0.15) is 0 Å². The van der Waals surface area contributed by atoms with Crippen LogP contribution in [0.5, 0.6) is 0 Å². The van der Waals surface area contributed by atoms with Crippen LogP contribution in [-0.2, 0) is 6.42 Å². The van der Waals surface area contributed by atoms with Crippen molar-refractivity contribution in [1.29, 1.82) is 0 Å². The van der Waals surface area contributed by atoms with Crippen LogP contribution in [0.2, 0.25) is 0 Å². The Morgan fingerprint density at radius 1 is 0.867 bits per heavy atom. The molecule has 2 heterocycles. The summed E-state index contributed by atoms with van der Waals surface area (Å²) >= 11 is 0. The Balaban J connectivity index is 1.69. The van der Waals surface area contributed by atoms with Gasteiger partial charge in [0.05, 0.1) is 5.52 Å². The molecule has 6 heteroatoms. The monoisotopic (exact) mass is 398 g/mol. The Kier molecular flexibility index (Phi) is 5.30. The number of rotatable bonds is 5. The lowest BCUT2D eigenvalue weighted by atomic mass is 10.1. The van der Waals surface area contributed by atoms with Gasteiger partial charge in [-0.1, -0.05) is 49.4 Å². The minimum absolute atomic E-state index is 0.155. The summed E-state index contributed by atoms with van der Waals surface area (Å²) in [7, 11) is 0. The third-order valence-corrected chi connectivity index (χ3v) is 5.01. The van der Waals surface area contributed by atoms with Gasteiger partial charge in [-0.05, 0) is 48.7 Å². The normalized spacial score (nSPS) is 10.7. The van der Waals surface area contributed by atoms with Gasteiger partial charge in [0.15, 0.2) is 5.69 Å². The van der Waals surface area contributed by atoms with Crippen molar-refractivity contribution in [2.45, 2.75) is 20.3 Å². The summed E-state index contributed by atoms with van der Waals surface area (Å²) in [6.07, 6.45) is 2.52. The molecule has 0 saturated carbocycles. The summed E-state index contributed by atoms with van der Waals surface area (Å²) in [6.45, 7) is 3.95. The number of carbonyl (C=O) groups is 2. The second-order valence-corrected chi connectivity index (χ2v) is 6.97. The van der Waals surface area contributed by atoms with E-state index in [-0.39, 0.29) is 23.3 Å².